The highest BCUT2D eigenvalue weighted by Crippen LogP contribution is 2.16. The highest BCUT2D eigenvalue weighted by atomic mass is 15.2. The van der Waals surface area contributed by atoms with E-state index in [2.05, 4.69) is 14.9 Å². The number of rotatable bonds is 4. The predicted octanol–water partition coefficient (Wildman–Crippen LogP) is 2.13. The summed E-state index contributed by atoms with van der Waals surface area (Å²) in [5, 5.41) is 0. The third kappa shape index (κ3) is 3.05. The molecule has 0 aromatic carbocycles. The zero-order chi connectivity index (χ0) is 13.0. The van der Waals surface area contributed by atoms with Crippen LogP contribution in [0.15, 0.2) is 42.7 Å². The first-order valence-electron chi connectivity index (χ1n) is 5.99. The number of hydrogen-bond donors (Lipinski definition) is 1. The van der Waals surface area contributed by atoms with E-state index in [-0.39, 0.29) is 6.04 Å². The van der Waals surface area contributed by atoms with Gasteiger partial charge >= 0.3 is 0 Å². The van der Waals surface area contributed by atoms with Crippen LogP contribution in [0.5, 0.6) is 0 Å². The van der Waals surface area contributed by atoms with Crippen molar-refractivity contribution in [3.8, 4) is 0 Å². The van der Waals surface area contributed by atoms with E-state index in [0.29, 0.717) is 0 Å². The Morgan fingerprint density at radius 2 is 2.06 bits per heavy atom. The van der Waals surface area contributed by atoms with Crippen molar-refractivity contribution in [2.75, 3.05) is 11.9 Å². The van der Waals surface area contributed by atoms with Crippen LogP contribution in [0.4, 0.5) is 5.82 Å². The van der Waals surface area contributed by atoms with Gasteiger partial charge in [0.25, 0.3) is 0 Å². The van der Waals surface area contributed by atoms with Gasteiger partial charge in [0.2, 0.25) is 0 Å². The summed E-state index contributed by atoms with van der Waals surface area (Å²) in [6.07, 6.45) is 3.60. The van der Waals surface area contributed by atoms with Crippen LogP contribution in [0, 0.1) is 0 Å². The molecule has 0 saturated carbocycles. The lowest BCUT2D eigenvalue weighted by Gasteiger charge is -2.18. The third-order valence-corrected chi connectivity index (χ3v) is 2.81. The van der Waals surface area contributed by atoms with Crippen LogP contribution in [0.1, 0.15) is 24.2 Å². The predicted molar refractivity (Wildman–Crippen MR) is 73.2 cm³/mol. The van der Waals surface area contributed by atoms with Gasteiger partial charge in [-0.2, -0.15) is 0 Å². The Hall–Kier alpha value is -1.94. The van der Waals surface area contributed by atoms with E-state index >= 15 is 0 Å². The van der Waals surface area contributed by atoms with Crippen LogP contribution in [0.2, 0.25) is 0 Å². The Kier molecular flexibility index (Phi) is 3.89. The van der Waals surface area contributed by atoms with Crippen molar-refractivity contribution in [3.05, 3.63) is 54.0 Å². The molecule has 4 heteroatoms. The van der Waals surface area contributed by atoms with Crippen LogP contribution in [-0.4, -0.2) is 17.0 Å². The lowest BCUT2D eigenvalue weighted by molar-refractivity contribution is 0.806. The van der Waals surface area contributed by atoms with Gasteiger partial charge in [0, 0.05) is 25.5 Å². The summed E-state index contributed by atoms with van der Waals surface area (Å²) in [7, 11) is 2.00. The van der Waals surface area contributed by atoms with E-state index in [4.69, 9.17) is 5.73 Å². The van der Waals surface area contributed by atoms with E-state index in [1.165, 1.54) is 0 Å². The molecule has 18 heavy (non-hydrogen) atoms. The maximum atomic E-state index is 5.88. The van der Waals surface area contributed by atoms with Gasteiger partial charge in [-0.15, -0.1) is 0 Å². The molecule has 4 nitrogen and oxygen atoms in total. The molecule has 2 aromatic heterocycles. The second kappa shape index (κ2) is 5.60. The summed E-state index contributed by atoms with van der Waals surface area (Å²) in [4.78, 5) is 10.7. The first-order valence-corrected chi connectivity index (χ1v) is 5.99. The van der Waals surface area contributed by atoms with Gasteiger partial charge in [0.05, 0.1) is 12.2 Å². The molecule has 0 spiro atoms. The maximum Gasteiger partial charge on any atom is 0.128 e. The Morgan fingerprint density at radius 3 is 2.72 bits per heavy atom. The summed E-state index contributed by atoms with van der Waals surface area (Å²) in [6.45, 7) is 2.70. The molecule has 0 radical (unpaired) electrons. The van der Waals surface area contributed by atoms with Crippen LogP contribution in [0.3, 0.4) is 0 Å². The minimum absolute atomic E-state index is 0.0231. The van der Waals surface area contributed by atoms with Gasteiger partial charge in [-0.3, -0.25) is 4.98 Å². The largest absolute Gasteiger partial charge is 0.354 e. The van der Waals surface area contributed by atoms with E-state index < -0.39 is 0 Å². The summed E-state index contributed by atoms with van der Waals surface area (Å²) >= 11 is 0. The molecular weight excluding hydrogens is 224 g/mol. The molecule has 0 fully saturated rings. The van der Waals surface area contributed by atoms with Gasteiger partial charge in [0.1, 0.15) is 5.82 Å². The monoisotopic (exact) mass is 242 g/mol. The lowest BCUT2D eigenvalue weighted by Crippen LogP contribution is -2.19. The van der Waals surface area contributed by atoms with Crippen molar-refractivity contribution in [1.82, 2.24) is 9.97 Å². The van der Waals surface area contributed by atoms with Gasteiger partial charge in [0.15, 0.2) is 0 Å². The van der Waals surface area contributed by atoms with Gasteiger partial charge in [-0.25, -0.2) is 4.98 Å². The van der Waals surface area contributed by atoms with E-state index in [1.807, 2.05) is 44.3 Å². The fourth-order valence-electron chi connectivity index (χ4n) is 1.74. The second-order valence-electron chi connectivity index (χ2n) is 4.41. The molecule has 2 aromatic rings. The molecule has 0 aliphatic heterocycles. The van der Waals surface area contributed by atoms with Crippen LogP contribution < -0.4 is 10.6 Å². The number of aromatic nitrogens is 2. The number of nitrogens with two attached hydrogens (primary N) is 1. The van der Waals surface area contributed by atoms with Crippen molar-refractivity contribution >= 4 is 5.82 Å². The average molecular weight is 242 g/mol. The Morgan fingerprint density at radius 1 is 1.22 bits per heavy atom. The number of anilines is 1. The maximum absolute atomic E-state index is 5.88. The van der Waals surface area contributed by atoms with Gasteiger partial charge < -0.3 is 10.6 Å². The lowest BCUT2D eigenvalue weighted by atomic mass is 10.1. The van der Waals surface area contributed by atoms with E-state index in [1.54, 1.807) is 12.4 Å². The van der Waals surface area contributed by atoms with Crippen molar-refractivity contribution in [1.29, 1.82) is 0 Å². The van der Waals surface area contributed by atoms with Crippen LogP contribution in [0.25, 0.3) is 0 Å². The number of hydrogen-bond acceptors (Lipinski definition) is 4. The molecule has 2 rings (SSSR count). The molecule has 1 atom stereocenters. The molecule has 0 unspecified atom stereocenters. The highest BCUT2D eigenvalue weighted by molar-refractivity contribution is 5.41. The van der Waals surface area contributed by atoms with Crippen molar-refractivity contribution in [2.45, 2.75) is 19.5 Å². The molecule has 2 N–H and O–H groups in total. The summed E-state index contributed by atoms with van der Waals surface area (Å²) < 4.78 is 0. The van der Waals surface area contributed by atoms with Crippen molar-refractivity contribution in [2.24, 2.45) is 5.73 Å². The van der Waals surface area contributed by atoms with Gasteiger partial charge in [-0.1, -0.05) is 6.07 Å². The Balaban J connectivity index is 2.14. The fourth-order valence-corrected chi connectivity index (χ4v) is 1.74. The first kappa shape index (κ1) is 12.5. The molecule has 0 saturated heterocycles. The summed E-state index contributed by atoms with van der Waals surface area (Å²) in [6, 6.07) is 9.90. The van der Waals surface area contributed by atoms with Crippen LogP contribution >= 0.6 is 0 Å². The van der Waals surface area contributed by atoms with E-state index in [0.717, 1.165) is 23.6 Å². The topological polar surface area (TPSA) is 55.0 Å². The molecule has 2 heterocycles. The quantitative estimate of drug-likeness (QED) is 0.892. The molecule has 0 amide bonds. The smallest absolute Gasteiger partial charge is 0.128 e. The van der Waals surface area contributed by atoms with E-state index in [9.17, 15) is 0 Å². The fraction of sp³-hybridized carbons (Fsp3) is 0.286. The highest BCUT2D eigenvalue weighted by Gasteiger charge is 2.06. The average Bonchev–Trinajstić information content (AvgIpc) is 2.40. The molecule has 0 aliphatic rings. The Labute approximate surface area is 107 Å². The standard InChI is InChI=1S/C14H18N4/c1-11(15)12-6-8-17-14(9-12)18(2)10-13-5-3-4-7-16-13/h3-9,11H,10,15H2,1-2H3/t11-/m0/s1. The molecule has 0 bridgehead atoms. The van der Waals surface area contributed by atoms with Gasteiger partial charge in [-0.05, 0) is 36.8 Å². The van der Waals surface area contributed by atoms with Crippen molar-refractivity contribution < 1.29 is 0 Å². The normalized spacial score (nSPS) is 12.2. The minimum Gasteiger partial charge on any atom is -0.354 e. The zero-order valence-corrected chi connectivity index (χ0v) is 10.7. The molecule has 94 valence electrons. The first-order chi connectivity index (χ1) is 8.66. The van der Waals surface area contributed by atoms with Crippen molar-refractivity contribution in [3.63, 3.8) is 0 Å². The third-order valence-electron chi connectivity index (χ3n) is 2.81. The number of nitrogens with zero attached hydrogens (tertiary/aromatic N) is 3. The Bertz CT molecular complexity index is 496. The summed E-state index contributed by atoms with van der Waals surface area (Å²) in [5.74, 6) is 0.912. The SMILES string of the molecule is C[C@H](N)c1ccnc(N(C)Cc2ccccn2)c1. The summed E-state index contributed by atoms with van der Waals surface area (Å²) in [5.41, 5.74) is 7.99. The van der Waals surface area contributed by atoms with Crippen LogP contribution in [-0.2, 0) is 6.54 Å². The number of pyridine rings is 2. The molecular formula is C14H18N4. The zero-order valence-electron chi connectivity index (χ0n) is 10.7. The molecule has 0 aliphatic carbocycles. The second-order valence-corrected chi connectivity index (χ2v) is 4.41. The minimum atomic E-state index is 0.0231.